The van der Waals surface area contributed by atoms with Gasteiger partial charge < -0.3 is 15.1 Å². The fourth-order valence-corrected chi connectivity index (χ4v) is 3.54. The number of fused-ring (bicyclic) bond motifs is 1. The Kier molecular flexibility index (Phi) is 4.86. The summed E-state index contributed by atoms with van der Waals surface area (Å²) < 4.78 is 14.2. The van der Waals surface area contributed by atoms with E-state index in [0.717, 1.165) is 11.1 Å². The van der Waals surface area contributed by atoms with Gasteiger partial charge in [0, 0.05) is 18.7 Å². The molecule has 0 aromatic heterocycles. The molecule has 1 aliphatic heterocycles. The van der Waals surface area contributed by atoms with Crippen LogP contribution in [0.1, 0.15) is 33.2 Å². The third-order valence-corrected chi connectivity index (χ3v) is 5.07. The number of hydrogen-bond donors (Lipinski definition) is 2. The van der Waals surface area contributed by atoms with Gasteiger partial charge in [-0.1, -0.05) is 48.5 Å². The number of halogens is 1. The van der Waals surface area contributed by atoms with Crippen LogP contribution in [-0.4, -0.2) is 27.0 Å². The summed E-state index contributed by atoms with van der Waals surface area (Å²) >= 11 is 0. The van der Waals surface area contributed by atoms with Gasteiger partial charge in [-0.15, -0.1) is 0 Å². The van der Waals surface area contributed by atoms with Crippen molar-refractivity contribution < 1.29 is 24.2 Å². The van der Waals surface area contributed by atoms with Crippen LogP contribution in [0.15, 0.2) is 66.7 Å². The van der Waals surface area contributed by atoms with Crippen molar-refractivity contribution >= 4 is 11.9 Å². The number of carbonyl (C=O) groups excluding carboxylic acids is 1. The molecular formula is C23H18FNO4. The maximum absolute atomic E-state index is 14.2. The predicted octanol–water partition coefficient (Wildman–Crippen LogP) is 3.77. The molecule has 0 saturated carbocycles. The molecule has 0 aliphatic carbocycles. The van der Waals surface area contributed by atoms with Crippen LogP contribution in [-0.2, 0) is 17.9 Å². The normalized spacial score (nSPS) is 13.8. The highest BCUT2D eigenvalue weighted by molar-refractivity contribution is 5.96. The maximum Gasteiger partial charge on any atom is 0.337 e. The second-order valence-corrected chi connectivity index (χ2v) is 7.02. The van der Waals surface area contributed by atoms with Gasteiger partial charge in [0.1, 0.15) is 5.82 Å². The molecule has 1 aliphatic rings. The topological polar surface area (TPSA) is 77.8 Å². The molecule has 1 amide bonds. The van der Waals surface area contributed by atoms with E-state index in [1.54, 1.807) is 23.1 Å². The van der Waals surface area contributed by atoms with E-state index in [2.05, 4.69) is 0 Å². The Balaban J connectivity index is 1.60. The molecule has 6 heteroatoms. The average Bonchev–Trinajstić information content (AvgIpc) is 3.16. The highest BCUT2D eigenvalue weighted by atomic mass is 19.1. The number of benzene rings is 3. The van der Waals surface area contributed by atoms with E-state index in [-0.39, 0.29) is 17.0 Å². The summed E-state index contributed by atoms with van der Waals surface area (Å²) in [5.41, 5.74) is 3.77. The van der Waals surface area contributed by atoms with Crippen molar-refractivity contribution in [2.24, 2.45) is 0 Å². The van der Waals surface area contributed by atoms with E-state index in [1.165, 1.54) is 24.3 Å². The van der Waals surface area contributed by atoms with Gasteiger partial charge in [0.2, 0.25) is 0 Å². The largest absolute Gasteiger partial charge is 0.479 e. The predicted molar refractivity (Wildman–Crippen MR) is 104 cm³/mol. The number of aliphatic hydroxyl groups is 1. The summed E-state index contributed by atoms with van der Waals surface area (Å²) in [6.45, 7) is 0.977. The second-order valence-electron chi connectivity index (χ2n) is 7.02. The number of aliphatic carboxylic acids is 1. The van der Waals surface area contributed by atoms with E-state index in [0.29, 0.717) is 24.2 Å². The quantitative estimate of drug-likeness (QED) is 0.710. The minimum Gasteiger partial charge on any atom is -0.479 e. The van der Waals surface area contributed by atoms with Crippen molar-refractivity contribution in [2.45, 2.75) is 19.2 Å². The van der Waals surface area contributed by atoms with Crippen LogP contribution in [0.3, 0.4) is 0 Å². The van der Waals surface area contributed by atoms with E-state index in [9.17, 15) is 19.1 Å². The number of rotatable bonds is 4. The summed E-state index contributed by atoms with van der Waals surface area (Å²) in [6, 6.07) is 18.1. The lowest BCUT2D eigenvalue weighted by molar-refractivity contribution is -0.146. The first-order valence-corrected chi connectivity index (χ1v) is 9.10. The molecule has 0 fully saturated rings. The Morgan fingerprint density at radius 3 is 2.10 bits per heavy atom. The maximum atomic E-state index is 14.2. The van der Waals surface area contributed by atoms with Crippen LogP contribution in [0.2, 0.25) is 0 Å². The van der Waals surface area contributed by atoms with Crippen molar-refractivity contribution in [2.75, 3.05) is 0 Å². The highest BCUT2D eigenvalue weighted by Crippen LogP contribution is 2.28. The van der Waals surface area contributed by atoms with Crippen molar-refractivity contribution in [3.63, 3.8) is 0 Å². The number of nitrogens with zero attached hydrogens (tertiary/aromatic N) is 1. The zero-order valence-electron chi connectivity index (χ0n) is 15.4. The van der Waals surface area contributed by atoms with Crippen LogP contribution in [0.4, 0.5) is 4.39 Å². The van der Waals surface area contributed by atoms with Crippen LogP contribution in [0, 0.1) is 5.82 Å². The number of carbonyl (C=O) groups is 2. The molecule has 5 nitrogen and oxygen atoms in total. The van der Waals surface area contributed by atoms with Crippen molar-refractivity contribution in [3.05, 3.63) is 94.8 Å². The van der Waals surface area contributed by atoms with Gasteiger partial charge in [-0.2, -0.15) is 0 Å². The second kappa shape index (κ2) is 7.48. The van der Waals surface area contributed by atoms with Gasteiger partial charge in [-0.05, 0) is 46.0 Å². The van der Waals surface area contributed by atoms with E-state index >= 15 is 0 Å². The van der Waals surface area contributed by atoms with Gasteiger partial charge in [-0.25, -0.2) is 9.18 Å². The smallest absolute Gasteiger partial charge is 0.337 e. The molecule has 3 aromatic carbocycles. The van der Waals surface area contributed by atoms with Crippen molar-refractivity contribution in [1.82, 2.24) is 4.90 Å². The molecule has 1 unspecified atom stereocenters. The standard InChI is InChI=1S/C23H18FNO4/c24-20-10-18(14-5-7-15(8-6-14)21(26)23(28)29)9-19(11-20)22(27)25-12-16-3-1-2-4-17(16)13-25/h1-11,21,26H,12-13H2,(H,28,29). The van der Waals surface area contributed by atoms with Crippen LogP contribution in [0.5, 0.6) is 0 Å². The molecule has 1 heterocycles. The van der Waals surface area contributed by atoms with Crippen LogP contribution >= 0.6 is 0 Å². The van der Waals surface area contributed by atoms with Gasteiger partial charge in [-0.3, -0.25) is 4.79 Å². The van der Waals surface area contributed by atoms with Gasteiger partial charge in [0.25, 0.3) is 5.91 Å². The molecule has 29 heavy (non-hydrogen) atoms. The summed E-state index contributed by atoms with van der Waals surface area (Å²) in [5.74, 6) is -2.12. The Labute approximate surface area is 166 Å². The molecule has 0 saturated heterocycles. The first-order chi connectivity index (χ1) is 13.9. The summed E-state index contributed by atoms with van der Waals surface area (Å²) in [6.07, 6.45) is -1.62. The Hall–Kier alpha value is -3.51. The van der Waals surface area contributed by atoms with E-state index in [1.807, 2.05) is 24.3 Å². The zero-order valence-corrected chi connectivity index (χ0v) is 15.4. The molecular weight excluding hydrogens is 373 g/mol. The Morgan fingerprint density at radius 2 is 1.52 bits per heavy atom. The minimum absolute atomic E-state index is 0.226. The summed E-state index contributed by atoms with van der Waals surface area (Å²) in [4.78, 5) is 25.5. The highest BCUT2D eigenvalue weighted by Gasteiger charge is 2.24. The lowest BCUT2D eigenvalue weighted by Crippen LogP contribution is -2.25. The average molecular weight is 391 g/mol. The summed E-state index contributed by atoms with van der Waals surface area (Å²) in [5, 5.41) is 18.5. The van der Waals surface area contributed by atoms with Crippen molar-refractivity contribution in [1.29, 1.82) is 0 Å². The van der Waals surface area contributed by atoms with Gasteiger partial charge in [0.15, 0.2) is 6.10 Å². The Morgan fingerprint density at radius 1 is 0.897 bits per heavy atom. The number of hydrogen-bond acceptors (Lipinski definition) is 3. The fraction of sp³-hybridized carbons (Fsp3) is 0.130. The number of aliphatic hydroxyl groups excluding tert-OH is 1. The third kappa shape index (κ3) is 3.75. The molecule has 0 radical (unpaired) electrons. The first kappa shape index (κ1) is 18.8. The van der Waals surface area contributed by atoms with Crippen molar-refractivity contribution in [3.8, 4) is 11.1 Å². The molecule has 3 aromatic rings. The molecule has 4 rings (SSSR count). The molecule has 146 valence electrons. The van der Waals surface area contributed by atoms with Gasteiger partial charge in [0.05, 0.1) is 0 Å². The zero-order chi connectivity index (χ0) is 20.5. The minimum atomic E-state index is -1.62. The SMILES string of the molecule is O=C(O)C(O)c1ccc(-c2cc(F)cc(C(=O)N3Cc4ccccc4C3)c2)cc1. The fourth-order valence-electron chi connectivity index (χ4n) is 3.54. The first-order valence-electron chi connectivity index (χ1n) is 9.10. The number of carboxylic acids is 1. The summed E-state index contributed by atoms with van der Waals surface area (Å²) in [7, 11) is 0. The third-order valence-electron chi connectivity index (χ3n) is 5.07. The molecule has 2 N–H and O–H groups in total. The number of amides is 1. The lowest BCUT2D eigenvalue weighted by atomic mass is 9.99. The Bertz CT molecular complexity index is 1070. The van der Waals surface area contributed by atoms with Gasteiger partial charge >= 0.3 is 5.97 Å². The lowest BCUT2D eigenvalue weighted by Gasteiger charge is -2.16. The molecule has 1 atom stereocenters. The van der Waals surface area contributed by atoms with Crippen LogP contribution in [0.25, 0.3) is 11.1 Å². The molecule has 0 bridgehead atoms. The monoisotopic (exact) mass is 391 g/mol. The molecule has 0 spiro atoms. The van der Waals surface area contributed by atoms with E-state index < -0.39 is 17.9 Å². The number of carboxylic acid groups (broad SMARTS) is 1. The van der Waals surface area contributed by atoms with Crippen LogP contribution < -0.4 is 0 Å². The van der Waals surface area contributed by atoms with E-state index in [4.69, 9.17) is 5.11 Å².